The number of rotatable bonds is 3. The Morgan fingerprint density at radius 3 is 2.58 bits per heavy atom. The number of hydrogen-bond donors (Lipinski definition) is 1. The Labute approximate surface area is 138 Å². The minimum atomic E-state index is -0.182. The van der Waals surface area contributed by atoms with E-state index < -0.39 is 0 Å². The molecule has 0 aliphatic carbocycles. The summed E-state index contributed by atoms with van der Waals surface area (Å²) in [6, 6.07) is 14.5. The summed E-state index contributed by atoms with van der Waals surface area (Å²) in [6.45, 7) is 1.06. The van der Waals surface area contributed by atoms with Crippen LogP contribution in [-0.4, -0.2) is 28.9 Å². The molecule has 6 heteroatoms. The zero-order valence-electron chi connectivity index (χ0n) is 12.8. The summed E-state index contributed by atoms with van der Waals surface area (Å²) in [6.07, 6.45) is 3.56. The number of ether oxygens (including phenoxy) is 2. The molecule has 1 N–H and O–H groups in total. The number of carbonyl (C=O) groups excluding carboxylic acids is 1. The van der Waals surface area contributed by atoms with E-state index in [1.807, 2.05) is 24.4 Å². The van der Waals surface area contributed by atoms with Gasteiger partial charge in [0.1, 0.15) is 13.2 Å². The van der Waals surface area contributed by atoms with Crippen molar-refractivity contribution in [1.29, 1.82) is 0 Å². The Balaban J connectivity index is 1.50. The van der Waals surface area contributed by atoms with Gasteiger partial charge in [-0.3, -0.25) is 4.79 Å². The second kappa shape index (κ2) is 6.08. The maximum Gasteiger partial charge on any atom is 0.255 e. The van der Waals surface area contributed by atoms with Crippen molar-refractivity contribution in [1.82, 2.24) is 9.78 Å². The number of anilines is 1. The molecule has 0 bridgehead atoms. The highest BCUT2D eigenvalue weighted by atomic mass is 16.6. The van der Waals surface area contributed by atoms with Crippen LogP contribution in [0.2, 0.25) is 0 Å². The van der Waals surface area contributed by atoms with E-state index >= 15 is 0 Å². The highest BCUT2D eigenvalue weighted by molar-refractivity contribution is 6.04. The van der Waals surface area contributed by atoms with Crippen molar-refractivity contribution in [2.45, 2.75) is 0 Å². The Hall–Kier alpha value is -3.28. The van der Waals surface area contributed by atoms with Crippen LogP contribution in [0.5, 0.6) is 11.5 Å². The van der Waals surface area contributed by atoms with E-state index in [0.717, 1.165) is 5.69 Å². The van der Waals surface area contributed by atoms with Gasteiger partial charge < -0.3 is 14.8 Å². The highest BCUT2D eigenvalue weighted by Gasteiger charge is 2.13. The van der Waals surface area contributed by atoms with Gasteiger partial charge in [0.05, 0.1) is 5.69 Å². The minimum Gasteiger partial charge on any atom is -0.486 e. The van der Waals surface area contributed by atoms with Crippen LogP contribution in [0.4, 0.5) is 5.69 Å². The zero-order valence-corrected chi connectivity index (χ0v) is 12.8. The zero-order chi connectivity index (χ0) is 16.4. The summed E-state index contributed by atoms with van der Waals surface area (Å²) in [5.41, 5.74) is 2.14. The molecule has 1 amide bonds. The third-order valence-corrected chi connectivity index (χ3v) is 3.70. The molecule has 120 valence electrons. The van der Waals surface area contributed by atoms with Gasteiger partial charge in [-0.1, -0.05) is 0 Å². The number of nitrogens with one attached hydrogen (secondary N) is 1. The molecule has 1 aliphatic heterocycles. The van der Waals surface area contributed by atoms with Gasteiger partial charge in [0.15, 0.2) is 11.5 Å². The molecule has 1 aliphatic rings. The fraction of sp³-hybridized carbons (Fsp3) is 0.111. The topological polar surface area (TPSA) is 65.4 Å². The molecule has 3 aromatic rings. The number of carbonyl (C=O) groups is 1. The number of benzene rings is 2. The smallest absolute Gasteiger partial charge is 0.255 e. The first kappa shape index (κ1) is 14.3. The van der Waals surface area contributed by atoms with Gasteiger partial charge in [0.2, 0.25) is 0 Å². The molecule has 4 rings (SSSR count). The molecular weight excluding hydrogens is 306 g/mol. The lowest BCUT2D eigenvalue weighted by molar-refractivity contribution is 0.102. The van der Waals surface area contributed by atoms with Crippen molar-refractivity contribution in [3.63, 3.8) is 0 Å². The fourth-order valence-corrected chi connectivity index (χ4v) is 2.51. The van der Waals surface area contributed by atoms with Gasteiger partial charge in [-0.25, -0.2) is 4.68 Å². The van der Waals surface area contributed by atoms with Gasteiger partial charge in [-0.15, -0.1) is 0 Å². The predicted octanol–water partition coefficient (Wildman–Crippen LogP) is 2.90. The average Bonchev–Trinajstić information content (AvgIpc) is 3.16. The predicted molar refractivity (Wildman–Crippen MR) is 88.9 cm³/mol. The van der Waals surface area contributed by atoms with Crippen LogP contribution in [0, 0.1) is 0 Å². The van der Waals surface area contributed by atoms with Crippen LogP contribution in [0.15, 0.2) is 60.9 Å². The van der Waals surface area contributed by atoms with Crippen molar-refractivity contribution >= 4 is 11.6 Å². The monoisotopic (exact) mass is 321 g/mol. The second-order valence-electron chi connectivity index (χ2n) is 5.31. The summed E-state index contributed by atoms with van der Waals surface area (Å²) in [5.74, 6) is 1.16. The summed E-state index contributed by atoms with van der Waals surface area (Å²) in [7, 11) is 0. The number of aromatic nitrogens is 2. The Kier molecular flexibility index (Phi) is 3.63. The summed E-state index contributed by atoms with van der Waals surface area (Å²) >= 11 is 0. The SMILES string of the molecule is O=C(Nc1ccc2c(c1)OCCO2)c1ccc(-n2cccn2)cc1. The number of hydrogen-bond acceptors (Lipinski definition) is 4. The second-order valence-corrected chi connectivity index (χ2v) is 5.31. The lowest BCUT2D eigenvalue weighted by atomic mass is 10.2. The van der Waals surface area contributed by atoms with Crippen molar-refractivity contribution in [2.75, 3.05) is 18.5 Å². The summed E-state index contributed by atoms with van der Waals surface area (Å²) in [4.78, 5) is 12.4. The van der Waals surface area contributed by atoms with Crippen molar-refractivity contribution in [3.8, 4) is 17.2 Å². The number of fused-ring (bicyclic) bond motifs is 1. The molecule has 1 aromatic heterocycles. The Morgan fingerprint density at radius 2 is 1.83 bits per heavy atom. The van der Waals surface area contributed by atoms with E-state index in [-0.39, 0.29) is 5.91 Å². The maximum atomic E-state index is 12.4. The first-order valence-electron chi connectivity index (χ1n) is 7.61. The highest BCUT2D eigenvalue weighted by Crippen LogP contribution is 2.32. The van der Waals surface area contributed by atoms with E-state index in [1.54, 1.807) is 41.2 Å². The first-order valence-corrected chi connectivity index (χ1v) is 7.61. The minimum absolute atomic E-state index is 0.182. The molecule has 0 unspecified atom stereocenters. The van der Waals surface area contributed by atoms with Crippen LogP contribution < -0.4 is 14.8 Å². The summed E-state index contributed by atoms with van der Waals surface area (Å²) < 4.78 is 12.7. The molecule has 24 heavy (non-hydrogen) atoms. The van der Waals surface area contributed by atoms with Gasteiger partial charge >= 0.3 is 0 Å². The number of nitrogens with zero attached hydrogens (tertiary/aromatic N) is 2. The molecule has 2 aromatic carbocycles. The van der Waals surface area contributed by atoms with Crippen molar-refractivity contribution in [2.24, 2.45) is 0 Å². The molecular formula is C18H15N3O3. The fourth-order valence-electron chi connectivity index (χ4n) is 2.51. The van der Waals surface area contributed by atoms with E-state index in [4.69, 9.17) is 9.47 Å². The normalized spacial score (nSPS) is 12.7. The van der Waals surface area contributed by atoms with Crippen molar-refractivity contribution < 1.29 is 14.3 Å². The van der Waals surface area contributed by atoms with Crippen LogP contribution in [0.3, 0.4) is 0 Å². The average molecular weight is 321 g/mol. The third-order valence-electron chi connectivity index (χ3n) is 3.70. The molecule has 0 saturated carbocycles. The van der Waals surface area contributed by atoms with E-state index in [0.29, 0.717) is 36.0 Å². The van der Waals surface area contributed by atoms with Gasteiger partial charge in [-0.2, -0.15) is 5.10 Å². The maximum absolute atomic E-state index is 12.4. The van der Waals surface area contributed by atoms with Crippen molar-refractivity contribution in [3.05, 3.63) is 66.5 Å². The van der Waals surface area contributed by atoms with Gasteiger partial charge in [0, 0.05) is 29.7 Å². The molecule has 0 atom stereocenters. The van der Waals surface area contributed by atoms with E-state index in [9.17, 15) is 4.79 Å². The largest absolute Gasteiger partial charge is 0.486 e. The molecule has 0 fully saturated rings. The quantitative estimate of drug-likeness (QED) is 0.805. The lowest BCUT2D eigenvalue weighted by Crippen LogP contribution is -2.16. The number of amides is 1. The van der Waals surface area contributed by atoms with E-state index in [2.05, 4.69) is 10.4 Å². The summed E-state index contributed by atoms with van der Waals surface area (Å²) in [5, 5.41) is 7.03. The van der Waals surface area contributed by atoms with Crippen LogP contribution in [0.1, 0.15) is 10.4 Å². The third kappa shape index (κ3) is 2.81. The lowest BCUT2D eigenvalue weighted by Gasteiger charge is -2.19. The standard InChI is InChI=1S/C18H15N3O3/c22-18(13-2-5-15(6-3-13)21-9-1-8-19-21)20-14-4-7-16-17(12-14)24-11-10-23-16/h1-9,12H,10-11H2,(H,20,22). The van der Waals surface area contributed by atoms with Crippen LogP contribution >= 0.6 is 0 Å². The first-order chi connectivity index (χ1) is 11.8. The van der Waals surface area contributed by atoms with Crippen LogP contribution in [0.25, 0.3) is 5.69 Å². The molecule has 2 heterocycles. The van der Waals surface area contributed by atoms with Crippen LogP contribution in [-0.2, 0) is 0 Å². The molecule has 0 radical (unpaired) electrons. The molecule has 0 saturated heterocycles. The molecule has 6 nitrogen and oxygen atoms in total. The van der Waals surface area contributed by atoms with E-state index in [1.165, 1.54) is 0 Å². The Morgan fingerprint density at radius 1 is 1.04 bits per heavy atom. The Bertz CT molecular complexity index is 858. The molecule has 0 spiro atoms. The van der Waals surface area contributed by atoms with Gasteiger partial charge in [-0.05, 0) is 42.5 Å². The van der Waals surface area contributed by atoms with Gasteiger partial charge in [0.25, 0.3) is 5.91 Å².